The Bertz CT molecular complexity index is 630. The molecule has 1 N–H and O–H groups in total. The molecule has 2 rings (SSSR count). The Labute approximate surface area is 130 Å². The van der Waals surface area contributed by atoms with Gasteiger partial charge in [0.15, 0.2) is 0 Å². The fourth-order valence-electron chi connectivity index (χ4n) is 2.04. The molecule has 118 valence electrons. The summed E-state index contributed by atoms with van der Waals surface area (Å²) in [6.07, 6.45) is 0.883. The first-order valence-corrected chi connectivity index (χ1v) is 7.47. The predicted molar refractivity (Wildman–Crippen MR) is 84.0 cm³/mol. The Morgan fingerprint density at radius 2 is 2.09 bits per heavy atom. The summed E-state index contributed by atoms with van der Waals surface area (Å²) >= 11 is 0. The molecule has 0 aliphatic carbocycles. The Balaban J connectivity index is 2.13. The van der Waals surface area contributed by atoms with Crippen molar-refractivity contribution < 1.29 is 14.1 Å². The second kappa shape index (κ2) is 7.11. The van der Waals surface area contributed by atoms with Gasteiger partial charge in [-0.1, -0.05) is 24.2 Å². The minimum absolute atomic E-state index is 0.122. The smallest absolute Gasteiger partial charge is 0.255 e. The van der Waals surface area contributed by atoms with Crippen LogP contribution in [-0.4, -0.2) is 17.1 Å². The zero-order valence-corrected chi connectivity index (χ0v) is 13.5. The minimum Gasteiger partial charge on any atom is -0.488 e. The van der Waals surface area contributed by atoms with E-state index in [9.17, 15) is 4.79 Å². The molecule has 5 nitrogen and oxygen atoms in total. The maximum atomic E-state index is 12.3. The summed E-state index contributed by atoms with van der Waals surface area (Å²) < 4.78 is 10.9. The number of carbonyl (C=O) groups is 1. The van der Waals surface area contributed by atoms with E-state index >= 15 is 0 Å². The summed E-state index contributed by atoms with van der Waals surface area (Å²) in [5.41, 5.74) is 2.26. The molecule has 5 heteroatoms. The molecule has 1 heterocycles. The van der Waals surface area contributed by atoms with Crippen LogP contribution in [0.3, 0.4) is 0 Å². The molecule has 22 heavy (non-hydrogen) atoms. The second-order valence-electron chi connectivity index (χ2n) is 5.37. The highest BCUT2D eigenvalue weighted by molar-refractivity contribution is 5.97. The number of ether oxygens (including phenoxy) is 1. The Hall–Kier alpha value is -2.30. The van der Waals surface area contributed by atoms with Crippen molar-refractivity contribution in [3.8, 4) is 5.75 Å². The van der Waals surface area contributed by atoms with E-state index in [1.165, 1.54) is 0 Å². The van der Waals surface area contributed by atoms with E-state index in [-0.39, 0.29) is 11.9 Å². The van der Waals surface area contributed by atoms with E-state index in [4.69, 9.17) is 9.26 Å². The molecule has 1 atom stereocenters. The molecule has 0 aliphatic heterocycles. The lowest BCUT2D eigenvalue weighted by Crippen LogP contribution is -2.32. The lowest BCUT2D eigenvalue weighted by molar-refractivity contribution is 0.0934. The SMILES string of the molecule is CCC(C)NC(=O)c1ccccc1OCc1c(C)noc1C. The summed E-state index contributed by atoms with van der Waals surface area (Å²) in [6, 6.07) is 7.37. The van der Waals surface area contributed by atoms with Crippen LogP contribution in [0, 0.1) is 13.8 Å². The Kier molecular flexibility index (Phi) is 5.20. The number of amides is 1. The molecular weight excluding hydrogens is 280 g/mol. The number of para-hydroxylation sites is 1. The molecule has 0 saturated heterocycles. The molecule has 1 amide bonds. The third kappa shape index (κ3) is 3.67. The third-order valence-corrected chi connectivity index (χ3v) is 3.67. The molecule has 1 aromatic heterocycles. The van der Waals surface area contributed by atoms with Crippen LogP contribution in [0.25, 0.3) is 0 Å². The number of benzene rings is 1. The Morgan fingerprint density at radius 1 is 1.36 bits per heavy atom. The van der Waals surface area contributed by atoms with Crippen molar-refractivity contribution in [3.05, 3.63) is 46.8 Å². The first-order valence-electron chi connectivity index (χ1n) is 7.47. The normalized spacial score (nSPS) is 12.0. The third-order valence-electron chi connectivity index (χ3n) is 3.67. The van der Waals surface area contributed by atoms with Gasteiger partial charge in [-0.05, 0) is 39.3 Å². The van der Waals surface area contributed by atoms with Gasteiger partial charge in [0.2, 0.25) is 0 Å². The van der Waals surface area contributed by atoms with Gasteiger partial charge in [0.25, 0.3) is 5.91 Å². The van der Waals surface area contributed by atoms with E-state index in [2.05, 4.69) is 10.5 Å². The molecule has 0 saturated carbocycles. The maximum absolute atomic E-state index is 12.3. The van der Waals surface area contributed by atoms with Crippen molar-refractivity contribution in [2.75, 3.05) is 0 Å². The van der Waals surface area contributed by atoms with Crippen molar-refractivity contribution >= 4 is 5.91 Å². The van der Waals surface area contributed by atoms with Crippen LogP contribution in [0.1, 0.15) is 47.6 Å². The molecule has 2 aromatic rings. The minimum atomic E-state index is -0.122. The topological polar surface area (TPSA) is 64.4 Å². The first kappa shape index (κ1) is 16.1. The van der Waals surface area contributed by atoms with Crippen molar-refractivity contribution in [1.82, 2.24) is 10.5 Å². The van der Waals surface area contributed by atoms with Crippen molar-refractivity contribution in [2.45, 2.75) is 46.8 Å². The van der Waals surface area contributed by atoms with Crippen LogP contribution in [0.2, 0.25) is 0 Å². The summed E-state index contributed by atoms with van der Waals surface area (Å²) in [4.78, 5) is 12.3. The highest BCUT2D eigenvalue weighted by Gasteiger charge is 2.15. The Morgan fingerprint density at radius 3 is 2.73 bits per heavy atom. The van der Waals surface area contributed by atoms with Crippen LogP contribution in [0.15, 0.2) is 28.8 Å². The number of nitrogens with one attached hydrogen (secondary N) is 1. The summed E-state index contributed by atoms with van der Waals surface area (Å²) in [5, 5.41) is 6.85. The van der Waals surface area contributed by atoms with Gasteiger partial charge in [0.1, 0.15) is 18.1 Å². The average Bonchev–Trinajstić information content (AvgIpc) is 2.84. The monoisotopic (exact) mass is 302 g/mol. The van der Waals surface area contributed by atoms with Gasteiger partial charge in [0.05, 0.1) is 16.8 Å². The molecule has 0 fully saturated rings. The molecule has 0 spiro atoms. The van der Waals surface area contributed by atoms with E-state index in [0.29, 0.717) is 17.9 Å². The van der Waals surface area contributed by atoms with Gasteiger partial charge in [0, 0.05) is 6.04 Å². The first-order chi connectivity index (χ1) is 10.5. The quantitative estimate of drug-likeness (QED) is 0.888. The van der Waals surface area contributed by atoms with Gasteiger partial charge in [-0.2, -0.15) is 0 Å². The molecule has 0 bridgehead atoms. The number of rotatable bonds is 6. The summed E-state index contributed by atoms with van der Waals surface area (Å²) in [7, 11) is 0. The van der Waals surface area contributed by atoms with E-state index in [0.717, 1.165) is 23.4 Å². The van der Waals surface area contributed by atoms with Gasteiger partial charge in [-0.15, -0.1) is 0 Å². The highest BCUT2D eigenvalue weighted by atomic mass is 16.5. The van der Waals surface area contributed by atoms with E-state index in [1.54, 1.807) is 12.1 Å². The molecule has 0 aliphatic rings. The van der Waals surface area contributed by atoms with Crippen LogP contribution >= 0.6 is 0 Å². The van der Waals surface area contributed by atoms with E-state index in [1.807, 2.05) is 39.8 Å². The zero-order chi connectivity index (χ0) is 16.1. The fraction of sp³-hybridized carbons (Fsp3) is 0.412. The number of nitrogens with zero attached hydrogens (tertiary/aromatic N) is 1. The van der Waals surface area contributed by atoms with Gasteiger partial charge >= 0.3 is 0 Å². The van der Waals surface area contributed by atoms with Crippen molar-refractivity contribution in [3.63, 3.8) is 0 Å². The van der Waals surface area contributed by atoms with Crippen LogP contribution in [0.4, 0.5) is 0 Å². The zero-order valence-electron chi connectivity index (χ0n) is 13.5. The number of hydrogen-bond acceptors (Lipinski definition) is 4. The number of aromatic nitrogens is 1. The molecule has 1 aromatic carbocycles. The van der Waals surface area contributed by atoms with Crippen molar-refractivity contribution in [2.24, 2.45) is 0 Å². The largest absolute Gasteiger partial charge is 0.488 e. The number of aryl methyl sites for hydroxylation is 2. The summed E-state index contributed by atoms with van der Waals surface area (Å²) in [6.45, 7) is 8.06. The van der Waals surface area contributed by atoms with Crippen molar-refractivity contribution in [1.29, 1.82) is 0 Å². The van der Waals surface area contributed by atoms with Crippen LogP contribution in [0.5, 0.6) is 5.75 Å². The summed E-state index contributed by atoms with van der Waals surface area (Å²) in [5.74, 6) is 1.17. The standard InChI is InChI=1S/C17H22N2O3/c1-5-11(2)18-17(20)14-8-6-7-9-16(14)21-10-15-12(3)19-22-13(15)4/h6-9,11H,5,10H2,1-4H3,(H,18,20). The fourth-order valence-corrected chi connectivity index (χ4v) is 2.04. The second-order valence-corrected chi connectivity index (χ2v) is 5.37. The van der Waals surface area contributed by atoms with E-state index < -0.39 is 0 Å². The maximum Gasteiger partial charge on any atom is 0.255 e. The van der Waals surface area contributed by atoms with Gasteiger partial charge in [-0.25, -0.2) is 0 Å². The molecule has 1 unspecified atom stereocenters. The molecular formula is C17H22N2O3. The van der Waals surface area contributed by atoms with Crippen LogP contribution < -0.4 is 10.1 Å². The van der Waals surface area contributed by atoms with Crippen LogP contribution in [-0.2, 0) is 6.61 Å². The highest BCUT2D eigenvalue weighted by Crippen LogP contribution is 2.21. The predicted octanol–water partition coefficient (Wildman–Crippen LogP) is 3.40. The lowest BCUT2D eigenvalue weighted by Gasteiger charge is -2.14. The van der Waals surface area contributed by atoms with Gasteiger partial charge in [-0.3, -0.25) is 4.79 Å². The molecule has 0 radical (unpaired) electrons. The average molecular weight is 302 g/mol. The number of hydrogen-bond donors (Lipinski definition) is 1. The van der Waals surface area contributed by atoms with Gasteiger partial charge < -0.3 is 14.6 Å². The lowest BCUT2D eigenvalue weighted by atomic mass is 10.1. The number of carbonyl (C=O) groups excluding carboxylic acids is 1.